The molecular weight excluding hydrogens is 600 g/mol. The van der Waals surface area contributed by atoms with Crippen LogP contribution in [0.4, 0.5) is 8.78 Å². The highest BCUT2D eigenvalue weighted by atomic mass is 32.2. The van der Waals surface area contributed by atoms with E-state index in [2.05, 4.69) is 0 Å². The maximum absolute atomic E-state index is 14.1. The van der Waals surface area contributed by atoms with Crippen molar-refractivity contribution in [2.24, 2.45) is 5.73 Å². The van der Waals surface area contributed by atoms with Crippen molar-refractivity contribution in [3.05, 3.63) is 100 Å². The van der Waals surface area contributed by atoms with E-state index in [4.69, 9.17) is 5.73 Å². The Hall–Kier alpha value is -3.67. The minimum Gasteiger partial charge on any atom is -0.390 e. The second-order valence-corrected chi connectivity index (χ2v) is 13.6. The fourth-order valence-corrected chi connectivity index (χ4v) is 6.14. The third-order valence-electron chi connectivity index (χ3n) is 7.44. The molecule has 0 aliphatic carbocycles. The fourth-order valence-electron chi connectivity index (χ4n) is 5.19. The predicted molar refractivity (Wildman–Crippen MR) is 171 cm³/mol. The van der Waals surface area contributed by atoms with Gasteiger partial charge in [-0.05, 0) is 85.3 Å². The molecule has 3 aromatic carbocycles. The van der Waals surface area contributed by atoms with E-state index in [1.165, 1.54) is 23.1 Å². The van der Waals surface area contributed by atoms with Gasteiger partial charge in [0, 0.05) is 49.4 Å². The van der Waals surface area contributed by atoms with Gasteiger partial charge in [0.1, 0.15) is 11.6 Å². The third-order valence-corrected chi connectivity index (χ3v) is 9.17. The normalized spacial score (nSPS) is 12.9. The van der Waals surface area contributed by atoms with Crippen LogP contribution in [0.25, 0.3) is 0 Å². The first-order valence-electron chi connectivity index (χ1n) is 15.2. The molecular formula is C34H43F2N3O5S. The Morgan fingerprint density at radius 1 is 0.844 bits per heavy atom. The Morgan fingerprint density at radius 2 is 1.42 bits per heavy atom. The van der Waals surface area contributed by atoms with Crippen LogP contribution < -0.4 is 5.73 Å². The minimum absolute atomic E-state index is 0.0596. The van der Waals surface area contributed by atoms with Crippen LogP contribution in [-0.2, 0) is 22.8 Å². The lowest BCUT2D eigenvalue weighted by molar-refractivity contribution is 0.0554. The number of carbonyl (C=O) groups is 2. The molecule has 0 fully saturated rings. The number of rotatable bonds is 15. The molecule has 0 saturated heterocycles. The van der Waals surface area contributed by atoms with E-state index < -0.39 is 39.5 Å². The van der Waals surface area contributed by atoms with Crippen molar-refractivity contribution in [2.75, 3.05) is 25.4 Å². The highest BCUT2D eigenvalue weighted by molar-refractivity contribution is 7.91. The van der Waals surface area contributed by atoms with Gasteiger partial charge in [-0.25, -0.2) is 17.2 Å². The number of aliphatic hydroxyl groups is 1. The zero-order chi connectivity index (χ0) is 33.3. The molecule has 11 heteroatoms. The number of amides is 2. The van der Waals surface area contributed by atoms with Gasteiger partial charge in [0.15, 0.2) is 9.84 Å². The average molecular weight is 644 g/mol. The van der Waals surface area contributed by atoms with E-state index in [1.54, 1.807) is 43.0 Å². The van der Waals surface area contributed by atoms with Gasteiger partial charge in [-0.2, -0.15) is 0 Å². The highest BCUT2D eigenvalue weighted by Gasteiger charge is 2.26. The number of aliphatic hydroxyl groups excluding tert-OH is 1. The number of hydrogen-bond acceptors (Lipinski definition) is 6. The molecule has 0 aromatic heterocycles. The summed E-state index contributed by atoms with van der Waals surface area (Å²) in [6, 6.07) is 13.1. The van der Waals surface area contributed by atoms with E-state index in [0.29, 0.717) is 29.8 Å². The second kappa shape index (κ2) is 16.1. The van der Waals surface area contributed by atoms with Crippen molar-refractivity contribution in [1.82, 2.24) is 9.80 Å². The summed E-state index contributed by atoms with van der Waals surface area (Å²) < 4.78 is 52.6. The Bertz CT molecular complexity index is 1570. The highest BCUT2D eigenvalue weighted by Crippen LogP contribution is 2.20. The molecule has 8 nitrogen and oxygen atoms in total. The van der Waals surface area contributed by atoms with Crippen LogP contribution in [0.1, 0.15) is 71.0 Å². The molecule has 3 rings (SSSR count). The Balaban J connectivity index is 1.97. The molecule has 2 atom stereocenters. The van der Waals surface area contributed by atoms with Crippen LogP contribution in [0, 0.1) is 18.6 Å². The molecule has 244 valence electrons. The SMILES string of the molecule is CCCN(CCC)C(=O)c1cc(C)cc(C(=O)N(Cc2cccc(S(=O)(=O)CC)c2)CC(O)C(N)Cc2cc(F)cc(F)c2)c1. The van der Waals surface area contributed by atoms with Gasteiger partial charge in [-0.15, -0.1) is 0 Å². The molecule has 45 heavy (non-hydrogen) atoms. The molecule has 3 N–H and O–H groups in total. The smallest absolute Gasteiger partial charge is 0.254 e. The van der Waals surface area contributed by atoms with Crippen LogP contribution >= 0.6 is 0 Å². The first-order chi connectivity index (χ1) is 21.3. The summed E-state index contributed by atoms with van der Waals surface area (Å²) in [6.07, 6.45) is 0.197. The van der Waals surface area contributed by atoms with E-state index in [9.17, 15) is 31.9 Å². The van der Waals surface area contributed by atoms with Crippen LogP contribution in [0.15, 0.2) is 65.6 Å². The Labute approximate surface area is 264 Å². The first-order valence-corrected chi connectivity index (χ1v) is 16.8. The lowest BCUT2D eigenvalue weighted by Gasteiger charge is -2.29. The first kappa shape index (κ1) is 35.8. The predicted octanol–water partition coefficient (Wildman–Crippen LogP) is 4.90. The van der Waals surface area contributed by atoms with Crippen molar-refractivity contribution in [3.8, 4) is 0 Å². The topological polar surface area (TPSA) is 121 Å². The third kappa shape index (κ3) is 9.91. The molecule has 2 amide bonds. The van der Waals surface area contributed by atoms with E-state index >= 15 is 0 Å². The molecule has 0 aliphatic heterocycles. The molecule has 3 aromatic rings. The number of nitrogens with two attached hydrogens (primary N) is 1. The van der Waals surface area contributed by atoms with Crippen LogP contribution in [0.2, 0.25) is 0 Å². The number of benzene rings is 3. The standard InChI is InChI=1S/C34H43F2N3O5S/c1-5-11-38(12-6-2)33(41)26-13-23(4)14-27(19-26)34(42)39(21-24-9-8-10-30(17-24)45(43,44)7-3)22-32(40)31(37)18-25-15-28(35)20-29(36)16-25/h8-10,13-17,19-20,31-32,40H,5-7,11-12,18,21-22,37H2,1-4H3. The largest absolute Gasteiger partial charge is 0.390 e. The van der Waals surface area contributed by atoms with Crippen LogP contribution in [-0.4, -0.2) is 72.7 Å². The van der Waals surface area contributed by atoms with Gasteiger partial charge in [0.2, 0.25) is 0 Å². The summed E-state index contributed by atoms with van der Waals surface area (Å²) in [5, 5.41) is 11.1. The minimum atomic E-state index is -3.52. The Morgan fingerprint density at radius 3 is 1.98 bits per heavy atom. The molecule has 0 radical (unpaired) electrons. The maximum atomic E-state index is 14.1. The number of hydrogen-bond donors (Lipinski definition) is 2. The van der Waals surface area contributed by atoms with Gasteiger partial charge in [-0.3, -0.25) is 9.59 Å². The van der Waals surface area contributed by atoms with Crippen LogP contribution in [0.5, 0.6) is 0 Å². The van der Waals surface area contributed by atoms with Gasteiger partial charge in [0.25, 0.3) is 11.8 Å². The molecule has 0 saturated carbocycles. The fraction of sp³-hybridized carbons (Fsp3) is 0.412. The number of aryl methyl sites for hydroxylation is 1. The molecule has 0 aliphatic rings. The van der Waals surface area contributed by atoms with Crippen molar-refractivity contribution in [1.29, 1.82) is 0 Å². The van der Waals surface area contributed by atoms with E-state index in [1.807, 2.05) is 13.8 Å². The second-order valence-electron chi connectivity index (χ2n) is 11.3. The number of halogens is 2. The number of nitrogens with zero attached hydrogens (tertiary/aromatic N) is 2. The molecule has 0 bridgehead atoms. The van der Waals surface area contributed by atoms with Crippen molar-refractivity contribution in [2.45, 2.75) is 70.5 Å². The molecule has 0 heterocycles. The average Bonchev–Trinajstić information content (AvgIpc) is 2.99. The Kier molecular flexibility index (Phi) is 12.8. The quantitative estimate of drug-likeness (QED) is 0.243. The van der Waals surface area contributed by atoms with Crippen LogP contribution in [0.3, 0.4) is 0 Å². The van der Waals surface area contributed by atoms with Gasteiger partial charge >= 0.3 is 0 Å². The molecule has 2 unspecified atom stereocenters. The molecule has 0 spiro atoms. The van der Waals surface area contributed by atoms with Gasteiger partial charge in [-0.1, -0.05) is 32.9 Å². The lowest BCUT2D eigenvalue weighted by Crippen LogP contribution is -2.46. The number of carbonyl (C=O) groups excluding carboxylic acids is 2. The summed E-state index contributed by atoms with van der Waals surface area (Å²) in [4.78, 5) is 30.7. The van der Waals surface area contributed by atoms with Crippen molar-refractivity contribution in [3.63, 3.8) is 0 Å². The zero-order valence-corrected chi connectivity index (χ0v) is 27.1. The summed E-state index contributed by atoms with van der Waals surface area (Å²) in [7, 11) is -3.52. The monoisotopic (exact) mass is 643 g/mol. The van der Waals surface area contributed by atoms with Crippen molar-refractivity contribution >= 4 is 21.7 Å². The summed E-state index contributed by atoms with van der Waals surface area (Å²) >= 11 is 0. The summed E-state index contributed by atoms with van der Waals surface area (Å²) in [5.74, 6) is -2.33. The summed E-state index contributed by atoms with van der Waals surface area (Å²) in [5.41, 5.74) is 8.28. The lowest BCUT2D eigenvalue weighted by atomic mass is 10.00. The van der Waals surface area contributed by atoms with Gasteiger partial charge in [0.05, 0.1) is 16.8 Å². The summed E-state index contributed by atoms with van der Waals surface area (Å²) in [6.45, 7) is 8.11. The van der Waals surface area contributed by atoms with E-state index in [-0.39, 0.29) is 47.2 Å². The van der Waals surface area contributed by atoms with Gasteiger partial charge < -0.3 is 20.6 Å². The zero-order valence-electron chi connectivity index (χ0n) is 26.3. The number of sulfone groups is 1. The van der Waals surface area contributed by atoms with Crippen molar-refractivity contribution < 1.29 is 31.9 Å². The van der Waals surface area contributed by atoms with E-state index in [0.717, 1.165) is 31.0 Å². The maximum Gasteiger partial charge on any atom is 0.254 e.